The molecule has 92 valence electrons. The van der Waals surface area contributed by atoms with Crippen molar-refractivity contribution in [1.82, 2.24) is 0 Å². The van der Waals surface area contributed by atoms with E-state index in [1.807, 2.05) is 6.07 Å². The van der Waals surface area contributed by atoms with Crippen LogP contribution in [0.25, 0.3) is 0 Å². The number of benzene rings is 1. The van der Waals surface area contributed by atoms with Crippen molar-refractivity contribution < 1.29 is 9.53 Å². The topological polar surface area (TPSA) is 26.3 Å². The number of esters is 1. The van der Waals surface area contributed by atoms with Gasteiger partial charge in [-0.15, -0.1) is 0 Å². The minimum absolute atomic E-state index is 0.195. The van der Waals surface area contributed by atoms with E-state index in [1.54, 1.807) is 12.1 Å². The SMILES string of the molecule is COC(=O)C1(c2ccc(Cl)cc2Cl)CCCC1. The van der Waals surface area contributed by atoms with Crippen LogP contribution in [0.5, 0.6) is 0 Å². The summed E-state index contributed by atoms with van der Waals surface area (Å²) >= 11 is 12.1. The zero-order chi connectivity index (χ0) is 12.5. The molecule has 2 rings (SSSR count). The lowest BCUT2D eigenvalue weighted by Gasteiger charge is -2.27. The lowest BCUT2D eigenvalue weighted by atomic mass is 9.79. The van der Waals surface area contributed by atoms with Gasteiger partial charge < -0.3 is 4.74 Å². The Morgan fingerprint density at radius 1 is 1.29 bits per heavy atom. The molecule has 0 unspecified atom stereocenters. The second kappa shape index (κ2) is 4.87. The molecule has 0 aliphatic heterocycles. The van der Waals surface area contributed by atoms with Crippen LogP contribution >= 0.6 is 23.2 Å². The van der Waals surface area contributed by atoms with E-state index in [0.717, 1.165) is 31.2 Å². The van der Waals surface area contributed by atoms with Gasteiger partial charge in [-0.1, -0.05) is 42.1 Å². The summed E-state index contributed by atoms with van der Waals surface area (Å²) in [7, 11) is 1.42. The van der Waals surface area contributed by atoms with E-state index in [0.29, 0.717) is 10.0 Å². The van der Waals surface area contributed by atoms with Crippen LogP contribution in [-0.2, 0) is 14.9 Å². The van der Waals surface area contributed by atoms with E-state index in [1.165, 1.54) is 7.11 Å². The van der Waals surface area contributed by atoms with Gasteiger partial charge in [-0.25, -0.2) is 0 Å². The zero-order valence-corrected chi connectivity index (χ0v) is 11.1. The number of methoxy groups -OCH3 is 1. The van der Waals surface area contributed by atoms with E-state index in [-0.39, 0.29) is 5.97 Å². The predicted molar refractivity (Wildman–Crippen MR) is 68.6 cm³/mol. The first-order chi connectivity index (χ1) is 8.10. The Kier molecular flexibility index (Phi) is 3.64. The first-order valence-corrected chi connectivity index (χ1v) is 6.40. The summed E-state index contributed by atoms with van der Waals surface area (Å²) in [5.41, 5.74) is 0.268. The summed E-state index contributed by atoms with van der Waals surface area (Å²) in [4.78, 5) is 12.1. The Labute approximate surface area is 111 Å². The quantitative estimate of drug-likeness (QED) is 0.762. The van der Waals surface area contributed by atoms with Gasteiger partial charge >= 0.3 is 5.97 Å². The van der Waals surface area contributed by atoms with Crippen molar-refractivity contribution in [2.75, 3.05) is 7.11 Å². The average molecular weight is 273 g/mol. The third kappa shape index (κ3) is 2.16. The number of rotatable bonds is 2. The van der Waals surface area contributed by atoms with Crippen LogP contribution in [0.1, 0.15) is 31.2 Å². The Balaban J connectivity index is 2.49. The van der Waals surface area contributed by atoms with Crippen molar-refractivity contribution in [1.29, 1.82) is 0 Å². The lowest BCUT2D eigenvalue weighted by Crippen LogP contribution is -2.34. The summed E-state index contributed by atoms with van der Waals surface area (Å²) in [6.45, 7) is 0. The predicted octanol–water partition coefficient (Wildman–Crippen LogP) is 3.98. The summed E-state index contributed by atoms with van der Waals surface area (Å²) in [6, 6.07) is 5.29. The Bertz CT molecular complexity index is 437. The van der Waals surface area contributed by atoms with E-state index in [2.05, 4.69) is 0 Å². The molecule has 4 heteroatoms. The van der Waals surface area contributed by atoms with Crippen LogP contribution in [0.4, 0.5) is 0 Å². The van der Waals surface area contributed by atoms with Crippen LogP contribution in [-0.4, -0.2) is 13.1 Å². The van der Waals surface area contributed by atoms with Gasteiger partial charge in [0.1, 0.15) is 0 Å². The monoisotopic (exact) mass is 272 g/mol. The van der Waals surface area contributed by atoms with Gasteiger partial charge in [-0.2, -0.15) is 0 Å². The molecule has 0 spiro atoms. The second-order valence-corrected chi connectivity index (χ2v) is 5.25. The molecule has 1 aliphatic carbocycles. The van der Waals surface area contributed by atoms with Gasteiger partial charge in [0.15, 0.2) is 0 Å². The molecule has 0 atom stereocenters. The molecule has 1 saturated carbocycles. The fraction of sp³-hybridized carbons (Fsp3) is 0.462. The molecule has 0 N–H and O–H groups in total. The summed E-state index contributed by atoms with van der Waals surface area (Å²) < 4.78 is 4.95. The average Bonchev–Trinajstić information content (AvgIpc) is 2.78. The molecule has 1 aromatic rings. The van der Waals surface area contributed by atoms with Crippen molar-refractivity contribution in [3.8, 4) is 0 Å². The molecule has 1 fully saturated rings. The second-order valence-electron chi connectivity index (χ2n) is 4.40. The molecule has 0 radical (unpaired) electrons. The Hall–Kier alpha value is -0.730. The fourth-order valence-corrected chi connectivity index (χ4v) is 3.22. The highest BCUT2D eigenvalue weighted by Gasteiger charge is 2.45. The fourth-order valence-electron chi connectivity index (χ4n) is 2.63. The number of hydrogen-bond donors (Lipinski definition) is 0. The third-order valence-corrected chi connectivity index (χ3v) is 4.03. The minimum Gasteiger partial charge on any atom is -0.468 e. The van der Waals surface area contributed by atoms with Crippen LogP contribution in [0.15, 0.2) is 18.2 Å². The largest absolute Gasteiger partial charge is 0.468 e. The molecule has 1 aliphatic rings. The van der Waals surface area contributed by atoms with Gasteiger partial charge in [0.25, 0.3) is 0 Å². The molecular weight excluding hydrogens is 259 g/mol. The van der Waals surface area contributed by atoms with E-state index in [9.17, 15) is 4.79 Å². The van der Waals surface area contributed by atoms with Crippen LogP contribution in [0.3, 0.4) is 0 Å². The van der Waals surface area contributed by atoms with Crippen molar-refractivity contribution in [2.24, 2.45) is 0 Å². The Morgan fingerprint density at radius 3 is 2.47 bits per heavy atom. The normalized spacial score (nSPS) is 18.1. The maximum atomic E-state index is 12.1. The van der Waals surface area contributed by atoms with Gasteiger partial charge in [0.05, 0.1) is 12.5 Å². The van der Waals surface area contributed by atoms with Gasteiger partial charge in [0.2, 0.25) is 0 Å². The smallest absolute Gasteiger partial charge is 0.316 e. The number of carbonyl (C=O) groups excluding carboxylic acids is 1. The molecular formula is C13H14Cl2O2. The van der Waals surface area contributed by atoms with Gasteiger partial charge in [-0.05, 0) is 30.5 Å². The standard InChI is InChI=1S/C13H14Cl2O2/c1-17-12(16)13(6-2-3-7-13)10-5-4-9(14)8-11(10)15/h4-5,8H,2-3,6-7H2,1H3. The molecule has 2 nitrogen and oxygen atoms in total. The first-order valence-electron chi connectivity index (χ1n) is 5.64. The first kappa shape index (κ1) is 12.7. The van der Waals surface area contributed by atoms with E-state index >= 15 is 0 Å². The number of ether oxygens (including phenoxy) is 1. The van der Waals surface area contributed by atoms with E-state index in [4.69, 9.17) is 27.9 Å². The number of carbonyl (C=O) groups is 1. The molecule has 0 aromatic heterocycles. The maximum absolute atomic E-state index is 12.1. The van der Waals surface area contributed by atoms with Crippen LogP contribution in [0, 0.1) is 0 Å². The highest BCUT2D eigenvalue weighted by atomic mass is 35.5. The van der Waals surface area contributed by atoms with Crippen molar-refractivity contribution >= 4 is 29.2 Å². The van der Waals surface area contributed by atoms with Crippen LogP contribution in [0.2, 0.25) is 10.0 Å². The van der Waals surface area contributed by atoms with Crippen molar-refractivity contribution in [3.05, 3.63) is 33.8 Å². The molecule has 0 heterocycles. The summed E-state index contributed by atoms with van der Waals surface area (Å²) in [5, 5.41) is 1.13. The number of halogens is 2. The minimum atomic E-state index is -0.573. The van der Waals surface area contributed by atoms with Crippen LogP contribution < -0.4 is 0 Å². The Morgan fingerprint density at radius 2 is 1.94 bits per heavy atom. The molecule has 0 saturated heterocycles. The van der Waals surface area contributed by atoms with Gasteiger partial charge in [-0.3, -0.25) is 4.79 Å². The van der Waals surface area contributed by atoms with Gasteiger partial charge in [0, 0.05) is 10.0 Å². The molecule has 17 heavy (non-hydrogen) atoms. The highest BCUT2D eigenvalue weighted by Crippen LogP contribution is 2.45. The third-order valence-electron chi connectivity index (χ3n) is 3.48. The zero-order valence-electron chi connectivity index (χ0n) is 9.63. The molecule has 0 amide bonds. The highest BCUT2D eigenvalue weighted by molar-refractivity contribution is 6.35. The van der Waals surface area contributed by atoms with Crippen molar-refractivity contribution in [3.63, 3.8) is 0 Å². The maximum Gasteiger partial charge on any atom is 0.316 e. The summed E-state index contributed by atoms with van der Waals surface area (Å²) in [6.07, 6.45) is 3.63. The number of hydrogen-bond acceptors (Lipinski definition) is 2. The molecule has 0 bridgehead atoms. The van der Waals surface area contributed by atoms with Crippen molar-refractivity contribution in [2.45, 2.75) is 31.1 Å². The lowest BCUT2D eigenvalue weighted by molar-refractivity contribution is -0.147. The van der Waals surface area contributed by atoms with E-state index < -0.39 is 5.41 Å². The molecule has 1 aromatic carbocycles. The summed E-state index contributed by atoms with van der Waals surface area (Å²) in [5.74, 6) is -0.195.